The Balaban J connectivity index is 1.67. The molecule has 2 aliphatic carbocycles. The highest BCUT2D eigenvalue weighted by molar-refractivity contribution is 5.37. The molecule has 1 aromatic carbocycles. The number of hydrogen-bond acceptors (Lipinski definition) is 2. The number of nitriles is 1. The quantitative estimate of drug-likeness (QED) is 0.777. The van der Waals surface area contributed by atoms with E-state index < -0.39 is 0 Å². The van der Waals surface area contributed by atoms with Crippen LogP contribution < -0.4 is 0 Å². The normalized spacial score (nSPS) is 18.6. The van der Waals surface area contributed by atoms with Gasteiger partial charge in [0.1, 0.15) is 0 Å². The van der Waals surface area contributed by atoms with Crippen LogP contribution in [-0.2, 0) is 6.54 Å². The molecule has 100 valence electrons. The fourth-order valence-electron chi connectivity index (χ4n) is 2.72. The van der Waals surface area contributed by atoms with E-state index in [1.165, 1.54) is 49.9 Å². The topological polar surface area (TPSA) is 27.0 Å². The largest absolute Gasteiger partial charge is 0.299 e. The predicted molar refractivity (Wildman–Crippen MR) is 76.6 cm³/mol. The maximum absolute atomic E-state index is 8.93. The Morgan fingerprint density at radius 3 is 2.26 bits per heavy atom. The zero-order valence-corrected chi connectivity index (χ0v) is 11.7. The van der Waals surface area contributed by atoms with E-state index in [1.54, 1.807) is 0 Å². The summed E-state index contributed by atoms with van der Waals surface area (Å²) >= 11 is 0. The molecule has 3 rings (SSSR count). The van der Waals surface area contributed by atoms with Gasteiger partial charge in [0.25, 0.3) is 0 Å². The molecule has 0 saturated heterocycles. The van der Waals surface area contributed by atoms with Gasteiger partial charge in [0.15, 0.2) is 0 Å². The molecule has 2 fully saturated rings. The Bertz CT molecular complexity index is 478. The molecule has 0 N–H and O–H groups in total. The van der Waals surface area contributed by atoms with E-state index in [-0.39, 0.29) is 0 Å². The van der Waals surface area contributed by atoms with E-state index in [1.807, 2.05) is 12.1 Å². The van der Waals surface area contributed by atoms with Crippen molar-refractivity contribution >= 4 is 0 Å². The van der Waals surface area contributed by atoms with Gasteiger partial charge in [-0.15, -0.1) is 0 Å². The Hall–Kier alpha value is -1.33. The van der Waals surface area contributed by atoms with Crippen LogP contribution in [0.1, 0.15) is 42.4 Å². The Morgan fingerprint density at radius 1 is 1.16 bits per heavy atom. The summed E-state index contributed by atoms with van der Waals surface area (Å²) in [5.41, 5.74) is 3.42. The Labute approximate surface area is 116 Å². The van der Waals surface area contributed by atoms with Crippen LogP contribution in [0.25, 0.3) is 0 Å². The van der Waals surface area contributed by atoms with Crippen LogP contribution in [0.15, 0.2) is 18.2 Å². The highest BCUT2D eigenvalue weighted by Crippen LogP contribution is 2.34. The minimum absolute atomic E-state index is 0.775. The summed E-state index contributed by atoms with van der Waals surface area (Å²) in [4.78, 5) is 2.64. The van der Waals surface area contributed by atoms with Crippen molar-refractivity contribution < 1.29 is 0 Å². The van der Waals surface area contributed by atoms with E-state index in [0.29, 0.717) is 0 Å². The third kappa shape index (κ3) is 3.58. The average Bonchev–Trinajstić information content (AvgIpc) is 3.27. The second-order valence-corrected chi connectivity index (χ2v) is 6.33. The van der Waals surface area contributed by atoms with Crippen molar-refractivity contribution in [1.82, 2.24) is 4.90 Å². The van der Waals surface area contributed by atoms with Crippen molar-refractivity contribution in [2.45, 2.75) is 39.2 Å². The van der Waals surface area contributed by atoms with Gasteiger partial charge < -0.3 is 0 Å². The minimum Gasteiger partial charge on any atom is -0.299 e. The fraction of sp³-hybridized carbons (Fsp3) is 0.588. The van der Waals surface area contributed by atoms with Crippen LogP contribution >= 0.6 is 0 Å². The smallest absolute Gasteiger partial charge is 0.0991 e. The van der Waals surface area contributed by atoms with Crippen molar-refractivity contribution in [2.24, 2.45) is 11.8 Å². The van der Waals surface area contributed by atoms with Gasteiger partial charge in [-0.3, -0.25) is 4.90 Å². The first-order chi connectivity index (χ1) is 9.24. The van der Waals surface area contributed by atoms with Crippen molar-refractivity contribution in [3.05, 3.63) is 34.9 Å². The molecule has 0 radical (unpaired) electrons. The van der Waals surface area contributed by atoms with E-state index in [9.17, 15) is 0 Å². The highest BCUT2D eigenvalue weighted by atomic mass is 15.1. The lowest BCUT2D eigenvalue weighted by Gasteiger charge is -2.23. The molecule has 1 aromatic rings. The zero-order valence-electron chi connectivity index (χ0n) is 11.7. The molecular weight excluding hydrogens is 232 g/mol. The maximum Gasteiger partial charge on any atom is 0.0991 e. The van der Waals surface area contributed by atoms with E-state index in [2.05, 4.69) is 24.0 Å². The molecule has 2 heteroatoms. The standard InChI is InChI=1S/C17H22N2/c1-13-8-16(9-18)6-7-17(13)12-19(10-14-2-3-14)11-15-4-5-15/h6-8,14-15H,2-5,10-12H2,1H3. The molecule has 0 amide bonds. The summed E-state index contributed by atoms with van der Waals surface area (Å²) in [5.74, 6) is 1.91. The van der Waals surface area contributed by atoms with Crippen LogP contribution in [0.2, 0.25) is 0 Å². The molecular formula is C17H22N2. The van der Waals surface area contributed by atoms with E-state index >= 15 is 0 Å². The van der Waals surface area contributed by atoms with Crippen LogP contribution in [0.5, 0.6) is 0 Å². The van der Waals surface area contributed by atoms with Crippen molar-refractivity contribution in [3.63, 3.8) is 0 Å². The number of aryl methyl sites for hydroxylation is 1. The molecule has 2 nitrogen and oxygen atoms in total. The molecule has 2 saturated carbocycles. The molecule has 0 atom stereocenters. The number of benzene rings is 1. The summed E-state index contributed by atoms with van der Waals surface area (Å²) in [6.07, 6.45) is 5.70. The second-order valence-electron chi connectivity index (χ2n) is 6.33. The maximum atomic E-state index is 8.93. The molecule has 0 aromatic heterocycles. The molecule has 0 unspecified atom stereocenters. The third-order valence-corrected chi connectivity index (χ3v) is 4.29. The van der Waals surface area contributed by atoms with E-state index in [0.717, 1.165) is 23.9 Å². The van der Waals surface area contributed by atoms with Crippen molar-refractivity contribution in [1.29, 1.82) is 5.26 Å². The van der Waals surface area contributed by atoms with Gasteiger partial charge in [-0.2, -0.15) is 5.26 Å². The number of nitrogens with zero attached hydrogens (tertiary/aromatic N) is 2. The molecule has 19 heavy (non-hydrogen) atoms. The van der Waals surface area contributed by atoms with Crippen LogP contribution in [-0.4, -0.2) is 18.0 Å². The first-order valence-electron chi connectivity index (χ1n) is 7.46. The van der Waals surface area contributed by atoms with Crippen LogP contribution in [0.3, 0.4) is 0 Å². The summed E-state index contributed by atoms with van der Waals surface area (Å²) in [6.45, 7) is 5.74. The lowest BCUT2D eigenvalue weighted by Crippen LogP contribution is -2.28. The number of rotatable bonds is 6. The fourth-order valence-corrected chi connectivity index (χ4v) is 2.72. The first-order valence-corrected chi connectivity index (χ1v) is 7.46. The zero-order chi connectivity index (χ0) is 13.2. The van der Waals surface area contributed by atoms with Gasteiger partial charge in [0.2, 0.25) is 0 Å². The average molecular weight is 254 g/mol. The van der Waals surface area contributed by atoms with Crippen molar-refractivity contribution in [3.8, 4) is 6.07 Å². The highest BCUT2D eigenvalue weighted by Gasteiger charge is 2.29. The molecule has 2 aliphatic rings. The summed E-state index contributed by atoms with van der Waals surface area (Å²) in [5, 5.41) is 8.93. The van der Waals surface area contributed by atoms with Gasteiger partial charge in [-0.05, 0) is 67.7 Å². The van der Waals surface area contributed by atoms with E-state index in [4.69, 9.17) is 5.26 Å². The van der Waals surface area contributed by atoms with Crippen LogP contribution in [0.4, 0.5) is 0 Å². The van der Waals surface area contributed by atoms with Gasteiger partial charge in [-0.1, -0.05) is 6.07 Å². The van der Waals surface area contributed by atoms with Gasteiger partial charge in [0, 0.05) is 19.6 Å². The molecule has 0 heterocycles. The Morgan fingerprint density at radius 2 is 1.79 bits per heavy atom. The monoisotopic (exact) mass is 254 g/mol. The van der Waals surface area contributed by atoms with Crippen LogP contribution in [0, 0.1) is 30.1 Å². The lowest BCUT2D eigenvalue weighted by atomic mass is 10.0. The Kier molecular flexibility index (Phi) is 3.57. The second kappa shape index (κ2) is 5.35. The SMILES string of the molecule is Cc1cc(C#N)ccc1CN(CC1CC1)CC1CC1. The third-order valence-electron chi connectivity index (χ3n) is 4.29. The van der Waals surface area contributed by atoms with Gasteiger partial charge in [0.05, 0.1) is 11.6 Å². The van der Waals surface area contributed by atoms with Gasteiger partial charge >= 0.3 is 0 Å². The first kappa shape index (κ1) is 12.7. The number of hydrogen-bond donors (Lipinski definition) is 0. The molecule has 0 spiro atoms. The van der Waals surface area contributed by atoms with Gasteiger partial charge in [-0.25, -0.2) is 0 Å². The molecule has 0 bridgehead atoms. The summed E-state index contributed by atoms with van der Waals surface area (Å²) < 4.78 is 0. The summed E-state index contributed by atoms with van der Waals surface area (Å²) in [6, 6.07) is 8.33. The minimum atomic E-state index is 0.775. The molecule has 0 aliphatic heterocycles. The van der Waals surface area contributed by atoms with Crippen molar-refractivity contribution in [2.75, 3.05) is 13.1 Å². The summed E-state index contributed by atoms with van der Waals surface area (Å²) in [7, 11) is 0. The predicted octanol–water partition coefficient (Wildman–Crippen LogP) is 3.49. The lowest BCUT2D eigenvalue weighted by molar-refractivity contribution is 0.244.